The average molecular weight is 264 g/mol. The molecule has 0 spiro atoms. The molecule has 1 atom stereocenters. The van der Waals surface area contributed by atoms with Crippen molar-refractivity contribution in [3.05, 3.63) is 29.8 Å². The smallest absolute Gasteiger partial charge is 0.175 e. The number of hydrogen-bond acceptors (Lipinski definition) is 4. The lowest BCUT2D eigenvalue weighted by atomic mass is 9.64. The third-order valence-electron chi connectivity index (χ3n) is 3.73. The zero-order valence-electron chi connectivity index (χ0n) is 10.3. The first-order valence-electron chi connectivity index (χ1n) is 5.86. The van der Waals surface area contributed by atoms with Crippen LogP contribution in [0.15, 0.2) is 29.2 Å². The van der Waals surface area contributed by atoms with Gasteiger partial charge in [0.1, 0.15) is 0 Å². The topological polar surface area (TPSA) is 83.9 Å². The molecule has 1 aliphatic carbocycles. The second-order valence-corrected chi connectivity index (χ2v) is 6.96. The van der Waals surface area contributed by atoms with E-state index in [1.807, 2.05) is 0 Å². The van der Waals surface area contributed by atoms with Gasteiger partial charge in [-0.1, -0.05) is 18.6 Å². The van der Waals surface area contributed by atoms with Crippen molar-refractivity contribution in [3.8, 4) is 6.07 Å². The lowest BCUT2D eigenvalue weighted by Gasteiger charge is -2.40. The highest BCUT2D eigenvalue weighted by atomic mass is 32.2. The number of rotatable bonds is 3. The highest BCUT2D eigenvalue weighted by Crippen LogP contribution is 2.48. The maximum atomic E-state index is 11.4. The van der Waals surface area contributed by atoms with E-state index in [1.54, 1.807) is 24.3 Å². The molecule has 2 N–H and O–H groups in total. The van der Waals surface area contributed by atoms with Gasteiger partial charge in [-0.05, 0) is 30.5 Å². The summed E-state index contributed by atoms with van der Waals surface area (Å²) in [6, 6.07) is 8.49. The van der Waals surface area contributed by atoms with Crippen LogP contribution >= 0.6 is 0 Å². The van der Waals surface area contributed by atoms with Crippen LogP contribution in [0.25, 0.3) is 0 Å². The largest absolute Gasteiger partial charge is 0.323 e. The number of benzene rings is 1. The lowest BCUT2D eigenvalue weighted by Crippen LogP contribution is -2.39. The van der Waals surface area contributed by atoms with E-state index in [0.717, 1.165) is 24.8 Å². The third-order valence-corrected chi connectivity index (χ3v) is 4.86. The molecule has 0 amide bonds. The Kier molecular flexibility index (Phi) is 3.18. The SMILES string of the molecule is CS(=O)(=O)c1ccc(C(N)C2(C#N)CCC2)cc1. The van der Waals surface area contributed by atoms with Crippen molar-refractivity contribution < 1.29 is 8.42 Å². The molecule has 96 valence electrons. The molecule has 5 heteroatoms. The van der Waals surface area contributed by atoms with Crippen molar-refractivity contribution in [2.75, 3.05) is 6.26 Å². The van der Waals surface area contributed by atoms with E-state index >= 15 is 0 Å². The minimum absolute atomic E-state index is 0.276. The van der Waals surface area contributed by atoms with Gasteiger partial charge in [-0.15, -0.1) is 0 Å². The molecule has 0 aromatic heterocycles. The molecule has 1 aromatic carbocycles. The molecule has 0 saturated heterocycles. The highest BCUT2D eigenvalue weighted by molar-refractivity contribution is 7.90. The number of nitrogens with two attached hydrogens (primary N) is 1. The van der Waals surface area contributed by atoms with Gasteiger partial charge < -0.3 is 5.73 Å². The highest BCUT2D eigenvalue weighted by Gasteiger charge is 2.43. The summed E-state index contributed by atoms with van der Waals surface area (Å²) in [4.78, 5) is 0.276. The molecule has 1 saturated carbocycles. The van der Waals surface area contributed by atoms with Gasteiger partial charge >= 0.3 is 0 Å². The first-order chi connectivity index (χ1) is 8.39. The second kappa shape index (κ2) is 4.38. The molecule has 4 nitrogen and oxygen atoms in total. The molecule has 1 fully saturated rings. The summed E-state index contributed by atoms with van der Waals surface area (Å²) in [5, 5.41) is 9.23. The number of nitriles is 1. The predicted octanol–water partition coefficient (Wildman–Crippen LogP) is 1.78. The summed E-state index contributed by atoms with van der Waals surface area (Å²) in [6.45, 7) is 0. The molecule has 0 aliphatic heterocycles. The summed E-state index contributed by atoms with van der Waals surface area (Å²) in [7, 11) is -3.18. The quantitative estimate of drug-likeness (QED) is 0.902. The second-order valence-electron chi connectivity index (χ2n) is 4.94. The van der Waals surface area contributed by atoms with E-state index in [1.165, 1.54) is 6.26 Å². The van der Waals surface area contributed by atoms with Gasteiger partial charge in [0.15, 0.2) is 9.84 Å². The fourth-order valence-electron chi connectivity index (χ4n) is 2.29. The summed E-state index contributed by atoms with van der Waals surface area (Å²) in [5.74, 6) is 0. The zero-order valence-corrected chi connectivity index (χ0v) is 11.1. The maximum absolute atomic E-state index is 11.4. The van der Waals surface area contributed by atoms with Crippen molar-refractivity contribution in [1.29, 1.82) is 5.26 Å². The standard InChI is InChI=1S/C13H16N2O2S/c1-18(16,17)11-5-3-10(4-6-11)12(15)13(9-14)7-2-8-13/h3-6,12H,2,7-8,15H2,1H3. The van der Waals surface area contributed by atoms with Gasteiger partial charge in [0.25, 0.3) is 0 Å². The summed E-state index contributed by atoms with van der Waals surface area (Å²) in [6.07, 6.45) is 3.84. The number of hydrogen-bond donors (Lipinski definition) is 1. The van der Waals surface area contributed by atoms with Crippen molar-refractivity contribution in [2.45, 2.75) is 30.2 Å². The summed E-state index contributed by atoms with van der Waals surface area (Å²) < 4.78 is 22.7. The number of sulfone groups is 1. The van der Waals surface area contributed by atoms with E-state index in [0.29, 0.717) is 0 Å². The van der Waals surface area contributed by atoms with E-state index in [-0.39, 0.29) is 10.9 Å². The molecule has 2 rings (SSSR count). The van der Waals surface area contributed by atoms with Crippen molar-refractivity contribution in [2.24, 2.45) is 11.1 Å². The van der Waals surface area contributed by atoms with Crippen LogP contribution in [0.1, 0.15) is 30.9 Å². The molecular weight excluding hydrogens is 248 g/mol. The van der Waals surface area contributed by atoms with Gasteiger partial charge in [0.2, 0.25) is 0 Å². The van der Waals surface area contributed by atoms with Crippen LogP contribution in [0.5, 0.6) is 0 Å². The van der Waals surface area contributed by atoms with Gasteiger partial charge in [-0.25, -0.2) is 8.42 Å². The fraction of sp³-hybridized carbons (Fsp3) is 0.462. The van der Waals surface area contributed by atoms with Crippen molar-refractivity contribution >= 4 is 9.84 Å². The van der Waals surface area contributed by atoms with Crippen LogP contribution in [-0.2, 0) is 9.84 Å². The van der Waals surface area contributed by atoms with Crippen molar-refractivity contribution in [3.63, 3.8) is 0 Å². The monoisotopic (exact) mass is 264 g/mol. The van der Waals surface area contributed by atoms with Crippen LogP contribution in [-0.4, -0.2) is 14.7 Å². The Morgan fingerprint density at radius 3 is 2.22 bits per heavy atom. The van der Waals surface area contributed by atoms with E-state index < -0.39 is 15.3 Å². The van der Waals surface area contributed by atoms with Crippen LogP contribution in [0.4, 0.5) is 0 Å². The first kappa shape index (κ1) is 13.1. The van der Waals surface area contributed by atoms with Gasteiger partial charge in [-0.3, -0.25) is 0 Å². The van der Waals surface area contributed by atoms with E-state index in [9.17, 15) is 13.7 Å². The van der Waals surface area contributed by atoms with E-state index in [4.69, 9.17) is 5.73 Å². The Morgan fingerprint density at radius 2 is 1.89 bits per heavy atom. The summed E-state index contributed by atoms with van der Waals surface area (Å²) >= 11 is 0. The minimum Gasteiger partial charge on any atom is -0.323 e. The normalized spacial score (nSPS) is 19.6. The van der Waals surface area contributed by atoms with Crippen LogP contribution < -0.4 is 5.73 Å². The molecule has 0 heterocycles. The van der Waals surface area contributed by atoms with Crippen molar-refractivity contribution in [1.82, 2.24) is 0 Å². The molecule has 1 aliphatic rings. The van der Waals surface area contributed by atoms with Gasteiger partial charge in [-0.2, -0.15) is 5.26 Å². The molecule has 18 heavy (non-hydrogen) atoms. The average Bonchev–Trinajstić information content (AvgIpc) is 2.27. The van der Waals surface area contributed by atoms with E-state index in [2.05, 4.69) is 6.07 Å². The van der Waals surface area contributed by atoms with Gasteiger partial charge in [0, 0.05) is 12.3 Å². The molecule has 1 unspecified atom stereocenters. The Bertz CT molecular complexity index is 580. The first-order valence-corrected chi connectivity index (χ1v) is 7.75. The van der Waals surface area contributed by atoms with Crippen LogP contribution in [0.3, 0.4) is 0 Å². The molecule has 0 bridgehead atoms. The lowest BCUT2D eigenvalue weighted by molar-refractivity contribution is 0.169. The Morgan fingerprint density at radius 1 is 1.33 bits per heavy atom. The fourth-order valence-corrected chi connectivity index (χ4v) is 2.92. The van der Waals surface area contributed by atoms with Gasteiger partial charge in [0.05, 0.1) is 16.4 Å². The Balaban J connectivity index is 2.28. The summed E-state index contributed by atoms with van der Waals surface area (Å²) in [5.41, 5.74) is 6.49. The van der Waals surface area contributed by atoms with Crippen LogP contribution in [0, 0.1) is 16.7 Å². The molecule has 1 aromatic rings. The maximum Gasteiger partial charge on any atom is 0.175 e. The Hall–Kier alpha value is -1.38. The Labute approximate surface area is 107 Å². The predicted molar refractivity (Wildman–Crippen MR) is 68.4 cm³/mol. The molecular formula is C13H16N2O2S. The minimum atomic E-state index is -3.18. The zero-order chi connectivity index (χ0) is 13.4. The number of nitrogens with zero attached hydrogens (tertiary/aromatic N) is 1. The third kappa shape index (κ3) is 2.14. The van der Waals surface area contributed by atoms with Crippen LogP contribution in [0.2, 0.25) is 0 Å². The molecule has 0 radical (unpaired) electrons.